The van der Waals surface area contributed by atoms with E-state index in [0.717, 1.165) is 36.4 Å². The molecule has 1 rings (SSSR count). The average Bonchev–Trinajstić information content (AvgIpc) is 3.30. The summed E-state index contributed by atoms with van der Waals surface area (Å²) in [5.74, 6) is -0.714. The first kappa shape index (κ1) is 38.9. The molecule has 0 fully saturated rings. The molecule has 0 radical (unpaired) electrons. The van der Waals surface area contributed by atoms with Crippen molar-refractivity contribution in [3.8, 4) is 0 Å². The lowest BCUT2D eigenvalue weighted by Crippen LogP contribution is -2.45. The number of hydrogen-bond donors (Lipinski definition) is 3. The zero-order valence-electron chi connectivity index (χ0n) is 28.6. The largest absolute Gasteiger partial charge is 0.410 e. The van der Waals surface area contributed by atoms with Gasteiger partial charge in [-0.1, -0.05) is 60.1 Å². The maximum atomic E-state index is 13.3. The molecule has 1 aromatic heterocycles. The highest BCUT2D eigenvalue weighted by molar-refractivity contribution is 7.09. The molecule has 8 heteroatoms. The first-order valence-corrected chi connectivity index (χ1v) is 19.5. The van der Waals surface area contributed by atoms with Gasteiger partial charge in [-0.15, -0.1) is 11.3 Å². The van der Waals surface area contributed by atoms with Crippen LogP contribution in [0.2, 0.25) is 18.1 Å². The van der Waals surface area contributed by atoms with Gasteiger partial charge in [0.15, 0.2) is 8.32 Å². The molecule has 242 valence electrons. The minimum atomic E-state index is -1.99. The van der Waals surface area contributed by atoms with Gasteiger partial charge in [0, 0.05) is 23.3 Å². The zero-order valence-corrected chi connectivity index (χ0v) is 30.4. The van der Waals surface area contributed by atoms with Crippen LogP contribution < -0.4 is 0 Å². The molecule has 0 aromatic carbocycles. The van der Waals surface area contributed by atoms with Crippen LogP contribution in [-0.2, 0) is 9.22 Å². The number of thiazole rings is 1. The van der Waals surface area contributed by atoms with Crippen molar-refractivity contribution in [1.29, 1.82) is 0 Å². The van der Waals surface area contributed by atoms with Crippen LogP contribution in [-0.4, -0.2) is 59.3 Å². The first-order valence-electron chi connectivity index (χ1n) is 15.7. The topological polar surface area (TPSA) is 99.9 Å². The van der Waals surface area contributed by atoms with Gasteiger partial charge in [0.2, 0.25) is 0 Å². The number of ketones is 1. The molecular formula is C34H61NO5SSi. The van der Waals surface area contributed by atoms with Gasteiger partial charge in [0.05, 0.1) is 29.0 Å². The van der Waals surface area contributed by atoms with Gasteiger partial charge in [-0.2, -0.15) is 0 Å². The Morgan fingerprint density at radius 2 is 1.76 bits per heavy atom. The number of aryl methyl sites for hydroxylation is 1. The number of aliphatic hydroxyl groups is 3. The lowest BCUT2D eigenvalue weighted by molar-refractivity contribution is -0.143. The van der Waals surface area contributed by atoms with Crippen molar-refractivity contribution in [3.63, 3.8) is 0 Å². The molecule has 42 heavy (non-hydrogen) atoms. The van der Waals surface area contributed by atoms with E-state index in [1.807, 2.05) is 20.8 Å². The van der Waals surface area contributed by atoms with E-state index in [1.54, 1.807) is 25.2 Å². The van der Waals surface area contributed by atoms with Crippen molar-refractivity contribution >= 4 is 31.5 Å². The van der Waals surface area contributed by atoms with Gasteiger partial charge in [0.1, 0.15) is 5.78 Å². The van der Waals surface area contributed by atoms with Crippen molar-refractivity contribution < 1.29 is 24.5 Å². The van der Waals surface area contributed by atoms with Gasteiger partial charge in [-0.25, -0.2) is 4.98 Å². The molecule has 0 aliphatic heterocycles. The summed E-state index contributed by atoms with van der Waals surface area (Å²) in [4.78, 5) is 17.9. The van der Waals surface area contributed by atoms with Crippen molar-refractivity contribution in [3.05, 3.63) is 33.3 Å². The Morgan fingerprint density at radius 1 is 1.14 bits per heavy atom. The number of Topliss-reactive ketones (excluding diaryl/α,β-unsaturated/α-hetero) is 1. The van der Waals surface area contributed by atoms with Gasteiger partial charge in [-0.3, -0.25) is 4.79 Å². The number of aromatic nitrogens is 1. The Balaban J connectivity index is 2.89. The number of rotatable bonds is 18. The van der Waals surface area contributed by atoms with Crippen LogP contribution in [0.3, 0.4) is 0 Å². The Bertz CT molecular complexity index is 1040. The quantitative estimate of drug-likeness (QED) is 0.113. The molecule has 1 aromatic rings. The fourth-order valence-corrected chi connectivity index (χ4v) is 6.94. The van der Waals surface area contributed by atoms with E-state index in [1.165, 1.54) is 11.1 Å². The third-order valence-electron chi connectivity index (χ3n) is 9.32. The third kappa shape index (κ3) is 11.4. The lowest BCUT2D eigenvalue weighted by Gasteiger charge is -2.39. The van der Waals surface area contributed by atoms with Gasteiger partial charge in [-0.05, 0) is 95.0 Å². The first-order chi connectivity index (χ1) is 19.3. The van der Waals surface area contributed by atoms with E-state index in [-0.39, 0.29) is 35.9 Å². The fourth-order valence-electron chi connectivity index (χ4n) is 5.02. The number of hydrogen-bond acceptors (Lipinski definition) is 7. The number of aliphatic hydroxyl groups excluding tert-OH is 3. The van der Waals surface area contributed by atoms with Crippen molar-refractivity contribution in [1.82, 2.24) is 4.98 Å². The van der Waals surface area contributed by atoms with Crippen molar-refractivity contribution in [2.75, 3.05) is 6.61 Å². The van der Waals surface area contributed by atoms with E-state index in [0.29, 0.717) is 6.42 Å². The zero-order chi connectivity index (χ0) is 32.5. The molecular weight excluding hydrogens is 563 g/mol. The van der Waals surface area contributed by atoms with Crippen LogP contribution in [0.1, 0.15) is 112 Å². The van der Waals surface area contributed by atoms with Crippen LogP contribution in [0.15, 0.2) is 22.6 Å². The fraction of sp³-hybridized carbons (Fsp3) is 0.765. The van der Waals surface area contributed by atoms with Crippen LogP contribution in [0.25, 0.3) is 6.08 Å². The molecule has 6 nitrogen and oxygen atoms in total. The Morgan fingerprint density at radius 3 is 2.26 bits per heavy atom. The summed E-state index contributed by atoms with van der Waals surface area (Å²) < 4.78 is 6.89. The maximum absolute atomic E-state index is 13.3. The Kier molecular flexibility index (Phi) is 15.5. The summed E-state index contributed by atoms with van der Waals surface area (Å²) in [6.07, 6.45) is 6.85. The second-order valence-electron chi connectivity index (χ2n) is 14.3. The number of carbonyl (C=O) groups excluding carboxylic acids is 1. The molecule has 0 unspecified atom stereocenters. The SMILES string of the molecule is CC[C@@H](C(=O)C(C)(C)[C@@H](O)CCO)[C@@H](O)[C@@H](C)CCCC(C)=CC[C@H](O[Si](C)(C)C(C)(C)C)C(C)=Cc1csc(C)n1. The normalized spacial score (nSPS) is 17.6. The molecule has 1 heterocycles. The summed E-state index contributed by atoms with van der Waals surface area (Å²) in [6, 6.07) is 0. The summed E-state index contributed by atoms with van der Waals surface area (Å²) in [5, 5.41) is 34.0. The second kappa shape index (κ2) is 16.8. The van der Waals surface area contributed by atoms with Crippen LogP contribution in [0.5, 0.6) is 0 Å². The monoisotopic (exact) mass is 623 g/mol. The van der Waals surface area contributed by atoms with Crippen LogP contribution in [0.4, 0.5) is 0 Å². The van der Waals surface area contributed by atoms with Crippen LogP contribution in [0, 0.1) is 24.2 Å². The van der Waals surface area contributed by atoms with Crippen molar-refractivity contribution in [2.45, 2.75) is 144 Å². The highest BCUT2D eigenvalue weighted by Gasteiger charge is 2.42. The third-order valence-corrected chi connectivity index (χ3v) is 14.6. The number of carbonyl (C=O) groups is 1. The van der Waals surface area contributed by atoms with E-state index >= 15 is 0 Å². The smallest absolute Gasteiger partial charge is 0.192 e. The standard InChI is InChI=1S/C34H61NO5SSi/c1-13-28(32(39)34(9,10)30(37)19-20-36)31(38)24(3)16-14-15-23(2)17-18-29(40-42(11,12)33(6,7)8)25(4)21-27-22-41-26(5)35-27/h17,21-22,24,28-31,36-38H,13-16,18-20H2,1-12H3/t24-,28+,29-,30-,31-/m0/s1. The minimum absolute atomic E-state index is 0.00976. The second-order valence-corrected chi connectivity index (χ2v) is 20.1. The highest BCUT2D eigenvalue weighted by atomic mass is 32.1. The molecule has 3 N–H and O–H groups in total. The summed E-state index contributed by atoms with van der Waals surface area (Å²) in [7, 11) is -1.99. The summed E-state index contributed by atoms with van der Waals surface area (Å²) >= 11 is 1.66. The number of nitrogens with zero attached hydrogens (tertiary/aromatic N) is 1. The molecule has 0 aliphatic rings. The highest BCUT2D eigenvalue weighted by Crippen LogP contribution is 2.39. The molecule has 0 aliphatic carbocycles. The molecule has 0 amide bonds. The molecule has 0 spiro atoms. The number of allylic oxidation sites excluding steroid dienone is 1. The molecule has 0 bridgehead atoms. The summed E-state index contributed by atoms with van der Waals surface area (Å²) in [6.45, 7) is 24.9. The van der Waals surface area contributed by atoms with Crippen molar-refractivity contribution in [2.24, 2.45) is 17.3 Å². The minimum Gasteiger partial charge on any atom is -0.410 e. The van der Waals surface area contributed by atoms with Gasteiger partial charge < -0.3 is 19.7 Å². The maximum Gasteiger partial charge on any atom is 0.192 e. The van der Waals surface area contributed by atoms with E-state index in [9.17, 15) is 20.1 Å². The Labute approximate surface area is 261 Å². The van der Waals surface area contributed by atoms with E-state index in [4.69, 9.17) is 4.43 Å². The van der Waals surface area contributed by atoms with Gasteiger partial charge in [0.25, 0.3) is 0 Å². The van der Waals surface area contributed by atoms with E-state index < -0.39 is 31.9 Å². The lowest BCUT2D eigenvalue weighted by atomic mass is 9.71. The van der Waals surface area contributed by atoms with Gasteiger partial charge >= 0.3 is 0 Å². The van der Waals surface area contributed by atoms with Crippen LogP contribution >= 0.6 is 11.3 Å². The predicted molar refractivity (Wildman–Crippen MR) is 180 cm³/mol. The van der Waals surface area contributed by atoms with E-state index in [2.05, 4.69) is 70.2 Å². The Hall–Kier alpha value is -1.16. The molecule has 0 saturated carbocycles. The average molecular weight is 624 g/mol. The molecule has 0 saturated heterocycles. The predicted octanol–water partition coefficient (Wildman–Crippen LogP) is 8.11. The molecule has 5 atom stereocenters. The summed E-state index contributed by atoms with van der Waals surface area (Å²) in [5.41, 5.74) is 2.46.